The molecule has 0 amide bonds. The third-order valence-electron chi connectivity index (χ3n) is 4.95. The quantitative estimate of drug-likeness (QED) is 0.453. The van der Waals surface area contributed by atoms with E-state index in [2.05, 4.69) is 12.6 Å². The van der Waals surface area contributed by atoms with Crippen molar-refractivity contribution in [3.8, 4) is 6.07 Å². The van der Waals surface area contributed by atoms with Crippen LogP contribution in [0.2, 0.25) is 0 Å². The second kappa shape index (κ2) is 6.51. The summed E-state index contributed by atoms with van der Waals surface area (Å²) in [6, 6.07) is 2.32. The molecule has 0 aromatic heterocycles. The molecule has 0 spiro atoms. The van der Waals surface area contributed by atoms with Crippen molar-refractivity contribution in [3.05, 3.63) is 12.2 Å². The number of hydrogen-bond acceptors (Lipinski definition) is 5. The molecule has 0 N–H and O–H groups in total. The average Bonchev–Trinajstić information content (AvgIpc) is 2.82. The number of nitriles is 1. The van der Waals surface area contributed by atoms with E-state index < -0.39 is 17.4 Å². The highest BCUT2D eigenvalue weighted by Gasteiger charge is 2.63. The number of allylic oxidation sites excluding steroid dienone is 1. The van der Waals surface area contributed by atoms with E-state index in [1.54, 1.807) is 13.8 Å². The second-order valence-electron chi connectivity index (χ2n) is 6.05. The monoisotopic (exact) mass is 305 g/mol. The van der Waals surface area contributed by atoms with Gasteiger partial charge in [-0.25, -0.2) is 0 Å². The molecule has 2 aliphatic rings. The summed E-state index contributed by atoms with van der Waals surface area (Å²) in [7, 11) is 0. The number of ether oxygens (including phenoxy) is 2. The van der Waals surface area contributed by atoms with E-state index in [1.807, 2.05) is 0 Å². The summed E-state index contributed by atoms with van der Waals surface area (Å²) < 4.78 is 10.4. The maximum Gasteiger partial charge on any atom is 0.324 e. The summed E-state index contributed by atoms with van der Waals surface area (Å²) >= 11 is 0. The minimum atomic E-state index is -1.32. The predicted octanol–water partition coefficient (Wildman–Crippen LogP) is 2.61. The predicted molar refractivity (Wildman–Crippen MR) is 79.4 cm³/mol. The van der Waals surface area contributed by atoms with Gasteiger partial charge in [-0.05, 0) is 44.9 Å². The number of hydrogen-bond donors (Lipinski definition) is 0. The van der Waals surface area contributed by atoms with E-state index in [4.69, 9.17) is 9.47 Å². The molecule has 2 fully saturated rings. The van der Waals surface area contributed by atoms with Crippen LogP contribution in [0.4, 0.5) is 0 Å². The fourth-order valence-corrected chi connectivity index (χ4v) is 4.12. The van der Waals surface area contributed by atoms with Gasteiger partial charge in [-0.3, -0.25) is 9.59 Å². The molecular weight excluding hydrogens is 282 g/mol. The summed E-state index contributed by atoms with van der Waals surface area (Å²) in [5.74, 6) is -1.59. The standard InChI is InChI=1S/C17H23NO4/c1-4-21-15(19)17(16(20)22-5-2)9-11(3)14-12(10-18)7-6-8-13(14)17/h12-14H,3-9H2,1-2H3/t12-,13-,14+/m1/s1. The Morgan fingerprint density at radius 3 is 2.36 bits per heavy atom. The molecule has 120 valence electrons. The first kappa shape index (κ1) is 16.5. The number of esters is 2. The van der Waals surface area contributed by atoms with Crippen LogP contribution in [0.5, 0.6) is 0 Å². The molecule has 2 rings (SSSR count). The molecule has 2 aliphatic carbocycles. The van der Waals surface area contributed by atoms with Gasteiger partial charge in [0.05, 0.1) is 25.2 Å². The van der Waals surface area contributed by atoms with E-state index >= 15 is 0 Å². The van der Waals surface area contributed by atoms with Crippen molar-refractivity contribution >= 4 is 11.9 Å². The van der Waals surface area contributed by atoms with E-state index in [-0.39, 0.29) is 37.4 Å². The third-order valence-corrected chi connectivity index (χ3v) is 4.95. The lowest BCUT2D eigenvalue weighted by Gasteiger charge is -2.37. The first-order chi connectivity index (χ1) is 10.5. The first-order valence-corrected chi connectivity index (χ1v) is 7.94. The van der Waals surface area contributed by atoms with Gasteiger partial charge in [0.15, 0.2) is 5.41 Å². The van der Waals surface area contributed by atoms with Crippen molar-refractivity contribution in [1.29, 1.82) is 5.26 Å². The Balaban J connectivity index is 2.45. The van der Waals surface area contributed by atoms with Crippen LogP contribution in [0.3, 0.4) is 0 Å². The average molecular weight is 305 g/mol. The Hall–Kier alpha value is -1.83. The van der Waals surface area contributed by atoms with Gasteiger partial charge in [0.25, 0.3) is 0 Å². The zero-order chi connectivity index (χ0) is 16.3. The van der Waals surface area contributed by atoms with Gasteiger partial charge >= 0.3 is 11.9 Å². The second-order valence-corrected chi connectivity index (χ2v) is 6.05. The number of nitrogens with zero attached hydrogens (tertiary/aromatic N) is 1. The molecule has 0 radical (unpaired) electrons. The smallest absolute Gasteiger partial charge is 0.324 e. The van der Waals surface area contributed by atoms with E-state index in [1.165, 1.54) is 0 Å². The largest absolute Gasteiger partial charge is 0.465 e. The molecule has 0 unspecified atom stereocenters. The summed E-state index contributed by atoms with van der Waals surface area (Å²) in [6.45, 7) is 7.92. The highest BCUT2D eigenvalue weighted by molar-refractivity contribution is 6.01. The maximum atomic E-state index is 12.6. The first-order valence-electron chi connectivity index (χ1n) is 7.94. The van der Waals surface area contributed by atoms with Crippen molar-refractivity contribution in [2.75, 3.05) is 13.2 Å². The normalized spacial score (nSPS) is 29.3. The van der Waals surface area contributed by atoms with Gasteiger partial charge < -0.3 is 9.47 Å². The van der Waals surface area contributed by atoms with Crippen LogP contribution in [-0.2, 0) is 19.1 Å². The molecule has 0 aromatic rings. The van der Waals surface area contributed by atoms with Crippen molar-refractivity contribution in [3.63, 3.8) is 0 Å². The Bertz CT molecular complexity index is 501. The number of fused-ring (bicyclic) bond motifs is 1. The highest BCUT2D eigenvalue weighted by Crippen LogP contribution is 2.58. The zero-order valence-electron chi connectivity index (χ0n) is 13.3. The molecule has 2 saturated carbocycles. The van der Waals surface area contributed by atoms with E-state index in [0.717, 1.165) is 24.8 Å². The van der Waals surface area contributed by atoms with Crippen molar-refractivity contribution in [2.45, 2.75) is 39.5 Å². The van der Waals surface area contributed by atoms with Gasteiger partial charge in [-0.2, -0.15) is 5.26 Å². The summed E-state index contributed by atoms with van der Waals surface area (Å²) in [6.07, 6.45) is 2.57. The van der Waals surface area contributed by atoms with E-state index in [0.29, 0.717) is 0 Å². The lowest BCUT2D eigenvalue weighted by Crippen LogP contribution is -2.47. The minimum Gasteiger partial charge on any atom is -0.465 e. The molecule has 0 aliphatic heterocycles. The Kier molecular flexibility index (Phi) is 4.90. The SMILES string of the molecule is C=C1CC(C(=O)OCC)(C(=O)OCC)[C@@H]2CCC[C@H](C#N)[C@H]12. The van der Waals surface area contributed by atoms with Crippen LogP contribution < -0.4 is 0 Å². The van der Waals surface area contributed by atoms with Gasteiger partial charge in [0.1, 0.15) is 0 Å². The Labute approximate surface area is 131 Å². The molecule has 0 aromatic carbocycles. The molecule has 5 nitrogen and oxygen atoms in total. The van der Waals surface area contributed by atoms with Crippen LogP contribution in [-0.4, -0.2) is 25.2 Å². The number of rotatable bonds is 4. The summed E-state index contributed by atoms with van der Waals surface area (Å²) in [5, 5.41) is 9.39. The van der Waals surface area contributed by atoms with Gasteiger partial charge in [-0.1, -0.05) is 18.6 Å². The van der Waals surface area contributed by atoms with Crippen LogP contribution in [0, 0.1) is 34.5 Å². The summed E-state index contributed by atoms with van der Waals surface area (Å²) in [4.78, 5) is 25.3. The van der Waals surface area contributed by atoms with Gasteiger partial charge in [0.2, 0.25) is 0 Å². The number of carbonyl (C=O) groups is 2. The zero-order valence-corrected chi connectivity index (χ0v) is 13.3. The molecule has 22 heavy (non-hydrogen) atoms. The topological polar surface area (TPSA) is 76.4 Å². The Morgan fingerprint density at radius 2 is 1.86 bits per heavy atom. The fourth-order valence-electron chi connectivity index (χ4n) is 4.12. The molecule has 3 atom stereocenters. The van der Waals surface area contributed by atoms with Crippen LogP contribution in [0.1, 0.15) is 39.5 Å². The van der Waals surface area contributed by atoms with Crippen molar-refractivity contribution < 1.29 is 19.1 Å². The molecular formula is C17H23NO4. The third kappa shape index (κ3) is 2.41. The Morgan fingerprint density at radius 1 is 1.27 bits per heavy atom. The highest BCUT2D eigenvalue weighted by atomic mass is 16.6. The molecule has 0 bridgehead atoms. The minimum absolute atomic E-state index is 0.118. The van der Waals surface area contributed by atoms with Crippen molar-refractivity contribution in [2.24, 2.45) is 23.2 Å². The molecule has 5 heteroatoms. The van der Waals surface area contributed by atoms with Crippen LogP contribution in [0.25, 0.3) is 0 Å². The molecule has 0 heterocycles. The van der Waals surface area contributed by atoms with Crippen LogP contribution in [0.15, 0.2) is 12.2 Å². The van der Waals surface area contributed by atoms with Crippen LogP contribution >= 0.6 is 0 Å². The fraction of sp³-hybridized carbons (Fsp3) is 0.706. The van der Waals surface area contributed by atoms with Crippen molar-refractivity contribution in [1.82, 2.24) is 0 Å². The molecule has 0 saturated heterocycles. The van der Waals surface area contributed by atoms with Gasteiger partial charge in [0, 0.05) is 0 Å². The lowest BCUT2D eigenvalue weighted by molar-refractivity contribution is -0.176. The van der Waals surface area contributed by atoms with E-state index in [9.17, 15) is 14.9 Å². The maximum absolute atomic E-state index is 12.6. The van der Waals surface area contributed by atoms with Gasteiger partial charge in [-0.15, -0.1) is 0 Å². The number of carbonyl (C=O) groups excluding carboxylic acids is 2. The summed E-state index contributed by atoms with van der Waals surface area (Å²) in [5.41, 5.74) is -0.513. The lowest BCUT2D eigenvalue weighted by atomic mass is 9.66.